The summed E-state index contributed by atoms with van der Waals surface area (Å²) in [6, 6.07) is 16.2. The van der Waals surface area contributed by atoms with Crippen LogP contribution in [0.2, 0.25) is 0 Å². The summed E-state index contributed by atoms with van der Waals surface area (Å²) in [4.78, 5) is 41.1. The number of carbonyl (C=O) groups excluding carboxylic acids is 2. The van der Waals surface area contributed by atoms with Crippen molar-refractivity contribution in [1.82, 2.24) is 14.9 Å². The van der Waals surface area contributed by atoms with Crippen molar-refractivity contribution in [3.05, 3.63) is 71.0 Å². The molecule has 192 valence electrons. The molecule has 5 rings (SSSR count). The zero-order chi connectivity index (χ0) is 26.1. The van der Waals surface area contributed by atoms with Gasteiger partial charge in [0.25, 0.3) is 0 Å². The average Bonchev–Trinajstić information content (AvgIpc) is 3.28. The number of hydrogen-bond donors (Lipinski definition) is 1. The van der Waals surface area contributed by atoms with Crippen LogP contribution in [-0.4, -0.2) is 59.4 Å². The van der Waals surface area contributed by atoms with E-state index < -0.39 is 0 Å². The van der Waals surface area contributed by atoms with Crippen LogP contribution in [0.5, 0.6) is 0 Å². The number of nitrogens with one attached hydrogen (secondary N) is 1. The topological polar surface area (TPSA) is 81.7 Å². The third-order valence-electron chi connectivity index (χ3n) is 7.34. The Morgan fingerprint density at radius 2 is 1.62 bits per heavy atom. The normalized spacial score (nSPS) is 17.9. The lowest BCUT2D eigenvalue weighted by molar-refractivity contribution is -0.136. The van der Waals surface area contributed by atoms with Crippen LogP contribution in [0.15, 0.2) is 48.5 Å². The Balaban J connectivity index is 1.20. The smallest absolute Gasteiger partial charge is 0.228 e. The highest BCUT2D eigenvalue weighted by Crippen LogP contribution is 2.29. The summed E-state index contributed by atoms with van der Waals surface area (Å²) in [6.07, 6.45) is 0.269. The van der Waals surface area contributed by atoms with E-state index >= 15 is 0 Å². The summed E-state index contributed by atoms with van der Waals surface area (Å²) in [5.41, 5.74) is 5.40. The molecular weight excluding hydrogens is 464 g/mol. The molecule has 2 saturated heterocycles. The lowest BCUT2D eigenvalue weighted by atomic mass is 10.1. The SMILES string of the molecule is Cc1ccc(Nc2cc(N3CCN(C(=O)C4CC(=O)N(c5ccc(C)c(C)c5)C4)CC3)nc(C)n2)cc1. The quantitative estimate of drug-likeness (QED) is 0.569. The predicted octanol–water partition coefficient (Wildman–Crippen LogP) is 4.16. The van der Waals surface area contributed by atoms with Gasteiger partial charge < -0.3 is 20.0 Å². The van der Waals surface area contributed by atoms with Gasteiger partial charge in [-0.25, -0.2) is 9.97 Å². The van der Waals surface area contributed by atoms with Gasteiger partial charge in [0.15, 0.2) is 0 Å². The van der Waals surface area contributed by atoms with E-state index in [1.54, 1.807) is 4.90 Å². The van der Waals surface area contributed by atoms with Crippen LogP contribution >= 0.6 is 0 Å². The monoisotopic (exact) mass is 498 g/mol. The largest absolute Gasteiger partial charge is 0.353 e. The number of rotatable bonds is 5. The summed E-state index contributed by atoms with van der Waals surface area (Å²) in [7, 11) is 0. The van der Waals surface area contributed by atoms with Gasteiger partial charge in [0.05, 0.1) is 5.92 Å². The van der Waals surface area contributed by atoms with Gasteiger partial charge >= 0.3 is 0 Å². The minimum Gasteiger partial charge on any atom is -0.353 e. The average molecular weight is 499 g/mol. The molecule has 2 aliphatic heterocycles. The molecule has 3 heterocycles. The van der Waals surface area contributed by atoms with Crippen molar-refractivity contribution < 1.29 is 9.59 Å². The van der Waals surface area contributed by atoms with Crippen LogP contribution in [-0.2, 0) is 9.59 Å². The Kier molecular flexibility index (Phi) is 6.82. The molecule has 2 fully saturated rings. The molecule has 2 aromatic carbocycles. The molecule has 0 saturated carbocycles. The third kappa shape index (κ3) is 5.43. The van der Waals surface area contributed by atoms with Crippen molar-refractivity contribution in [2.75, 3.05) is 47.8 Å². The molecule has 3 aromatic rings. The Labute approximate surface area is 218 Å². The zero-order valence-corrected chi connectivity index (χ0v) is 22.0. The minimum absolute atomic E-state index is 0.0188. The lowest BCUT2D eigenvalue weighted by Crippen LogP contribution is -2.51. The molecule has 1 atom stereocenters. The number of carbonyl (C=O) groups is 2. The van der Waals surface area contributed by atoms with Crippen molar-refractivity contribution in [2.45, 2.75) is 34.1 Å². The molecule has 2 amide bonds. The van der Waals surface area contributed by atoms with Crippen LogP contribution in [0.1, 0.15) is 28.9 Å². The molecule has 0 aliphatic carbocycles. The Morgan fingerprint density at radius 1 is 0.892 bits per heavy atom. The minimum atomic E-state index is -0.299. The van der Waals surface area contributed by atoms with E-state index in [4.69, 9.17) is 0 Å². The van der Waals surface area contributed by atoms with Crippen LogP contribution in [0.3, 0.4) is 0 Å². The van der Waals surface area contributed by atoms with E-state index in [0.717, 1.165) is 28.6 Å². The summed E-state index contributed by atoms with van der Waals surface area (Å²) < 4.78 is 0. The molecular formula is C29H34N6O2. The van der Waals surface area contributed by atoms with Gasteiger partial charge in [0, 0.05) is 56.6 Å². The molecule has 8 heteroatoms. The standard InChI is InChI=1S/C29H34N6O2/c1-19-5-8-24(9-6-19)32-26-17-27(31-22(4)30-26)33-11-13-34(14-12-33)29(37)23-16-28(36)35(18-23)25-10-7-20(2)21(3)15-25/h5-10,15,17,23H,11-14,16,18H2,1-4H3,(H,30,31,32). The summed E-state index contributed by atoms with van der Waals surface area (Å²) in [5.74, 6) is 2.09. The second-order valence-electron chi connectivity index (χ2n) is 10.1. The van der Waals surface area contributed by atoms with Gasteiger partial charge in [-0.2, -0.15) is 0 Å². The predicted molar refractivity (Wildman–Crippen MR) is 146 cm³/mol. The number of aryl methyl sites for hydroxylation is 4. The maximum Gasteiger partial charge on any atom is 0.228 e. The molecule has 0 radical (unpaired) electrons. The van der Waals surface area contributed by atoms with E-state index in [9.17, 15) is 9.59 Å². The number of piperazine rings is 1. The third-order valence-corrected chi connectivity index (χ3v) is 7.34. The van der Waals surface area contributed by atoms with Crippen molar-refractivity contribution in [3.8, 4) is 0 Å². The molecule has 0 spiro atoms. The van der Waals surface area contributed by atoms with Gasteiger partial charge in [-0.05, 0) is 63.1 Å². The Bertz CT molecular complexity index is 1310. The fourth-order valence-corrected chi connectivity index (χ4v) is 4.99. The van der Waals surface area contributed by atoms with Crippen LogP contribution in [0.25, 0.3) is 0 Å². The number of benzene rings is 2. The Hall–Kier alpha value is -3.94. The van der Waals surface area contributed by atoms with Crippen molar-refractivity contribution in [1.29, 1.82) is 0 Å². The summed E-state index contributed by atoms with van der Waals surface area (Å²) in [6.45, 7) is 11.1. The van der Waals surface area contributed by atoms with Crippen LogP contribution < -0.4 is 15.1 Å². The van der Waals surface area contributed by atoms with Crippen molar-refractivity contribution in [2.24, 2.45) is 5.92 Å². The van der Waals surface area contributed by atoms with Crippen molar-refractivity contribution in [3.63, 3.8) is 0 Å². The number of amides is 2. The molecule has 0 bridgehead atoms. The molecule has 1 aromatic heterocycles. The maximum atomic E-state index is 13.3. The molecule has 8 nitrogen and oxygen atoms in total. The fraction of sp³-hybridized carbons (Fsp3) is 0.379. The van der Waals surface area contributed by atoms with E-state index in [-0.39, 0.29) is 24.2 Å². The lowest BCUT2D eigenvalue weighted by Gasteiger charge is -2.36. The molecule has 37 heavy (non-hydrogen) atoms. The first-order valence-corrected chi connectivity index (χ1v) is 12.9. The van der Waals surface area contributed by atoms with Crippen LogP contribution in [0, 0.1) is 33.6 Å². The number of nitrogens with zero attached hydrogens (tertiary/aromatic N) is 5. The van der Waals surface area contributed by atoms with Gasteiger partial charge in [0.1, 0.15) is 17.5 Å². The van der Waals surface area contributed by atoms with Crippen LogP contribution in [0.4, 0.5) is 23.0 Å². The second-order valence-corrected chi connectivity index (χ2v) is 10.1. The first kappa shape index (κ1) is 24.7. The van der Waals surface area contributed by atoms with Gasteiger partial charge in [-0.15, -0.1) is 0 Å². The molecule has 2 aliphatic rings. The van der Waals surface area contributed by atoms with Crippen molar-refractivity contribution >= 4 is 34.8 Å². The van der Waals surface area contributed by atoms with E-state index in [1.807, 2.05) is 55.1 Å². The Morgan fingerprint density at radius 3 is 2.32 bits per heavy atom. The fourth-order valence-electron chi connectivity index (χ4n) is 4.99. The number of anilines is 4. The summed E-state index contributed by atoms with van der Waals surface area (Å²) >= 11 is 0. The maximum absolute atomic E-state index is 13.3. The first-order valence-electron chi connectivity index (χ1n) is 12.9. The van der Waals surface area contributed by atoms with E-state index in [1.165, 1.54) is 11.1 Å². The number of aromatic nitrogens is 2. The number of hydrogen-bond acceptors (Lipinski definition) is 6. The zero-order valence-electron chi connectivity index (χ0n) is 22.0. The van der Waals surface area contributed by atoms with Gasteiger partial charge in [0.2, 0.25) is 11.8 Å². The highest BCUT2D eigenvalue weighted by Gasteiger charge is 2.38. The van der Waals surface area contributed by atoms with Gasteiger partial charge in [-0.1, -0.05) is 23.8 Å². The molecule has 1 unspecified atom stereocenters. The summed E-state index contributed by atoms with van der Waals surface area (Å²) in [5, 5.41) is 3.36. The van der Waals surface area contributed by atoms with E-state index in [2.05, 4.69) is 46.2 Å². The second kappa shape index (κ2) is 10.2. The highest BCUT2D eigenvalue weighted by molar-refractivity contribution is 6.00. The van der Waals surface area contributed by atoms with Gasteiger partial charge in [-0.3, -0.25) is 9.59 Å². The van der Waals surface area contributed by atoms with E-state index in [0.29, 0.717) is 38.5 Å². The highest BCUT2D eigenvalue weighted by atomic mass is 16.2. The first-order chi connectivity index (χ1) is 17.8. The molecule has 1 N–H and O–H groups in total.